The van der Waals surface area contributed by atoms with Gasteiger partial charge < -0.3 is 25.6 Å². The fraction of sp³-hybridized carbons (Fsp3) is 0.263. The number of aromatic hydroxyl groups is 1. The average Bonchev–Trinajstić information content (AvgIpc) is 3.24. The van der Waals surface area contributed by atoms with Crippen LogP contribution in [0.5, 0.6) is 5.88 Å². The largest absolute Gasteiger partial charge is 0.493 e. The normalized spacial score (nSPS) is 21.0. The van der Waals surface area contributed by atoms with Gasteiger partial charge >= 0.3 is 0 Å². The SMILES string of the molecule is N=C1CN(c2ccnc(O)c2)C(=O)/C1=C/Nc1ccc(N2CC[C@H](F)C2)nc1. The lowest BCUT2D eigenvalue weighted by atomic mass is 10.2. The summed E-state index contributed by atoms with van der Waals surface area (Å²) in [6.07, 6.45) is 4.20. The number of hydrogen-bond donors (Lipinski definition) is 3. The molecule has 2 aromatic rings. The van der Waals surface area contributed by atoms with Gasteiger partial charge in [-0.1, -0.05) is 0 Å². The number of rotatable bonds is 4. The first-order valence-corrected chi connectivity index (χ1v) is 8.88. The highest BCUT2D eigenvalue weighted by molar-refractivity contribution is 6.32. The lowest BCUT2D eigenvalue weighted by Crippen LogP contribution is -2.24. The molecule has 1 amide bonds. The summed E-state index contributed by atoms with van der Waals surface area (Å²) >= 11 is 0. The third-order valence-corrected chi connectivity index (χ3v) is 4.74. The summed E-state index contributed by atoms with van der Waals surface area (Å²) in [5.41, 5.74) is 1.55. The number of alkyl halides is 1. The van der Waals surface area contributed by atoms with Crippen molar-refractivity contribution < 1.29 is 14.3 Å². The van der Waals surface area contributed by atoms with Gasteiger partial charge in [0.05, 0.1) is 41.9 Å². The van der Waals surface area contributed by atoms with Crippen molar-refractivity contribution in [3.05, 3.63) is 48.4 Å². The predicted octanol–water partition coefficient (Wildman–Crippen LogP) is 2.09. The highest BCUT2D eigenvalue weighted by Crippen LogP contribution is 2.25. The second-order valence-corrected chi connectivity index (χ2v) is 6.68. The molecule has 144 valence electrons. The van der Waals surface area contributed by atoms with E-state index in [4.69, 9.17) is 5.41 Å². The molecular formula is C19H19FN6O2. The Kier molecular flexibility index (Phi) is 4.64. The van der Waals surface area contributed by atoms with Gasteiger partial charge in [-0.15, -0.1) is 0 Å². The van der Waals surface area contributed by atoms with Crippen molar-refractivity contribution in [1.82, 2.24) is 9.97 Å². The molecule has 0 spiro atoms. The first kappa shape index (κ1) is 17.9. The number of anilines is 3. The highest BCUT2D eigenvalue weighted by Gasteiger charge is 2.32. The van der Waals surface area contributed by atoms with E-state index in [9.17, 15) is 14.3 Å². The second kappa shape index (κ2) is 7.26. The van der Waals surface area contributed by atoms with Crippen LogP contribution in [0.2, 0.25) is 0 Å². The Hall–Kier alpha value is -3.49. The molecule has 1 atom stereocenters. The summed E-state index contributed by atoms with van der Waals surface area (Å²) in [4.78, 5) is 24.0. The van der Waals surface area contributed by atoms with Crippen LogP contribution >= 0.6 is 0 Å². The molecule has 2 aliphatic rings. The summed E-state index contributed by atoms with van der Waals surface area (Å²) in [6, 6.07) is 6.58. The van der Waals surface area contributed by atoms with Crippen LogP contribution in [0.4, 0.5) is 21.6 Å². The maximum Gasteiger partial charge on any atom is 0.262 e. The maximum absolute atomic E-state index is 13.3. The summed E-state index contributed by atoms with van der Waals surface area (Å²) in [5, 5.41) is 20.6. The van der Waals surface area contributed by atoms with Gasteiger partial charge in [-0.05, 0) is 24.6 Å². The minimum Gasteiger partial charge on any atom is -0.493 e. The number of amides is 1. The van der Waals surface area contributed by atoms with E-state index in [0.29, 0.717) is 36.7 Å². The van der Waals surface area contributed by atoms with E-state index in [1.807, 2.05) is 4.90 Å². The Morgan fingerprint density at radius 2 is 2.18 bits per heavy atom. The average molecular weight is 382 g/mol. The van der Waals surface area contributed by atoms with E-state index in [1.165, 1.54) is 23.4 Å². The van der Waals surface area contributed by atoms with E-state index in [0.717, 1.165) is 0 Å². The molecule has 4 rings (SSSR count). The topological polar surface area (TPSA) is 105 Å². The number of aromatic nitrogens is 2. The van der Waals surface area contributed by atoms with Crippen LogP contribution in [-0.2, 0) is 4.79 Å². The minimum atomic E-state index is -0.811. The van der Waals surface area contributed by atoms with Gasteiger partial charge in [0.25, 0.3) is 5.91 Å². The number of pyridine rings is 2. The Morgan fingerprint density at radius 1 is 1.32 bits per heavy atom. The zero-order chi connectivity index (χ0) is 19.7. The first-order valence-electron chi connectivity index (χ1n) is 8.88. The summed E-state index contributed by atoms with van der Waals surface area (Å²) in [5.74, 6) is 0.195. The molecule has 0 aliphatic carbocycles. The summed E-state index contributed by atoms with van der Waals surface area (Å²) in [7, 11) is 0. The molecule has 0 saturated carbocycles. The van der Waals surface area contributed by atoms with E-state index in [1.54, 1.807) is 24.4 Å². The molecule has 3 N–H and O–H groups in total. The minimum absolute atomic E-state index is 0.117. The van der Waals surface area contributed by atoms with Gasteiger partial charge in [-0.25, -0.2) is 14.4 Å². The lowest BCUT2D eigenvalue weighted by molar-refractivity contribution is -0.114. The Balaban J connectivity index is 1.45. The molecule has 28 heavy (non-hydrogen) atoms. The second-order valence-electron chi connectivity index (χ2n) is 6.68. The third-order valence-electron chi connectivity index (χ3n) is 4.74. The Bertz CT molecular complexity index is 946. The lowest BCUT2D eigenvalue weighted by Gasteiger charge is -2.16. The fourth-order valence-corrected chi connectivity index (χ4v) is 3.26. The standard InChI is InChI=1S/C19H19FN6O2/c20-12-4-6-25(10-12)17-2-1-13(8-24-17)23-9-15-16(21)11-26(19(15)28)14-3-5-22-18(27)7-14/h1-3,5,7-9,12,21,23H,4,6,10-11H2,(H,22,27)/b15-9+,21-16?/t12-/m0/s1. The molecule has 0 radical (unpaired) electrons. The van der Waals surface area contributed by atoms with Crippen molar-refractivity contribution in [2.45, 2.75) is 12.6 Å². The Morgan fingerprint density at radius 3 is 2.86 bits per heavy atom. The van der Waals surface area contributed by atoms with Crippen LogP contribution in [-0.4, -0.2) is 52.5 Å². The summed E-state index contributed by atoms with van der Waals surface area (Å²) in [6.45, 7) is 1.12. The maximum atomic E-state index is 13.3. The van der Waals surface area contributed by atoms with Gasteiger partial charge in [0, 0.05) is 25.0 Å². The van der Waals surface area contributed by atoms with Crippen LogP contribution in [0.15, 0.2) is 48.4 Å². The zero-order valence-corrected chi connectivity index (χ0v) is 15.0. The number of carbonyl (C=O) groups is 1. The van der Waals surface area contributed by atoms with E-state index in [2.05, 4.69) is 15.3 Å². The van der Waals surface area contributed by atoms with Crippen LogP contribution in [0.25, 0.3) is 0 Å². The molecular weight excluding hydrogens is 363 g/mol. The predicted molar refractivity (Wildman–Crippen MR) is 104 cm³/mol. The van der Waals surface area contributed by atoms with Crippen molar-refractivity contribution >= 4 is 28.8 Å². The monoisotopic (exact) mass is 382 g/mol. The fourth-order valence-electron chi connectivity index (χ4n) is 3.26. The molecule has 0 bridgehead atoms. The van der Waals surface area contributed by atoms with E-state index < -0.39 is 6.17 Å². The number of carbonyl (C=O) groups excluding carboxylic acids is 1. The number of halogens is 1. The molecule has 2 aromatic heterocycles. The third kappa shape index (κ3) is 3.51. The molecule has 2 saturated heterocycles. The molecule has 2 fully saturated rings. The smallest absolute Gasteiger partial charge is 0.262 e. The molecule has 0 unspecified atom stereocenters. The first-order chi connectivity index (χ1) is 13.5. The van der Waals surface area contributed by atoms with Crippen LogP contribution < -0.4 is 15.1 Å². The van der Waals surface area contributed by atoms with Gasteiger partial charge in [0.2, 0.25) is 5.88 Å². The van der Waals surface area contributed by atoms with Crippen LogP contribution in [0, 0.1) is 5.41 Å². The Labute approximate surface area is 160 Å². The zero-order valence-electron chi connectivity index (χ0n) is 15.0. The van der Waals surface area contributed by atoms with Crippen LogP contribution in [0.3, 0.4) is 0 Å². The van der Waals surface area contributed by atoms with Crippen molar-refractivity contribution in [2.24, 2.45) is 0 Å². The molecule has 0 aromatic carbocycles. The highest BCUT2D eigenvalue weighted by atomic mass is 19.1. The quantitative estimate of drug-likeness (QED) is 0.700. The van der Waals surface area contributed by atoms with Crippen molar-refractivity contribution in [2.75, 3.05) is 34.8 Å². The molecule has 8 nitrogen and oxygen atoms in total. The van der Waals surface area contributed by atoms with Gasteiger partial charge in [-0.3, -0.25) is 4.79 Å². The van der Waals surface area contributed by atoms with Gasteiger partial charge in [0.15, 0.2) is 0 Å². The van der Waals surface area contributed by atoms with E-state index >= 15 is 0 Å². The van der Waals surface area contributed by atoms with Gasteiger partial charge in [-0.2, -0.15) is 0 Å². The number of nitrogens with zero attached hydrogens (tertiary/aromatic N) is 4. The van der Waals surface area contributed by atoms with Crippen molar-refractivity contribution in [3.8, 4) is 5.88 Å². The van der Waals surface area contributed by atoms with Gasteiger partial charge in [0.1, 0.15) is 12.0 Å². The summed E-state index contributed by atoms with van der Waals surface area (Å²) < 4.78 is 13.3. The van der Waals surface area contributed by atoms with Crippen LogP contribution in [0.1, 0.15) is 6.42 Å². The molecule has 9 heteroatoms. The van der Waals surface area contributed by atoms with E-state index in [-0.39, 0.29) is 29.6 Å². The number of hydrogen-bond acceptors (Lipinski definition) is 7. The van der Waals surface area contributed by atoms with Crippen molar-refractivity contribution in [1.29, 1.82) is 5.41 Å². The van der Waals surface area contributed by atoms with Crippen molar-refractivity contribution in [3.63, 3.8) is 0 Å². The number of nitrogens with one attached hydrogen (secondary N) is 2. The molecule has 2 aliphatic heterocycles. The molecule has 4 heterocycles.